The lowest BCUT2D eigenvalue weighted by Gasteiger charge is -2.24. The number of hydrogen-bond donors (Lipinski definition) is 2. The molecule has 1 atom stereocenters. The largest absolute Gasteiger partial charge is 0.385 e. The third-order valence-corrected chi connectivity index (χ3v) is 2.79. The summed E-state index contributed by atoms with van der Waals surface area (Å²) in [6.07, 6.45) is 0.573. The summed E-state index contributed by atoms with van der Waals surface area (Å²) in [5.41, 5.74) is -0.352. The average molecular weight is 239 g/mol. The first kappa shape index (κ1) is 14.1. The molecule has 3 heteroatoms. The Morgan fingerprint density at radius 3 is 2.71 bits per heavy atom. The van der Waals surface area contributed by atoms with Gasteiger partial charge >= 0.3 is 0 Å². The van der Waals surface area contributed by atoms with Crippen molar-refractivity contribution in [2.24, 2.45) is 5.92 Å². The minimum absolute atomic E-state index is 0.307. The van der Waals surface area contributed by atoms with Gasteiger partial charge in [-0.15, -0.1) is 0 Å². The zero-order chi connectivity index (χ0) is 12.9. The van der Waals surface area contributed by atoms with Crippen LogP contribution in [-0.4, -0.2) is 18.2 Å². The van der Waals surface area contributed by atoms with Crippen LogP contribution >= 0.6 is 0 Å². The van der Waals surface area contributed by atoms with Crippen molar-refractivity contribution in [2.45, 2.75) is 32.8 Å². The SMILES string of the molecule is CC(C)CNCCC(C)(O)c1cccc(F)c1. The summed E-state index contributed by atoms with van der Waals surface area (Å²) in [6.45, 7) is 7.65. The van der Waals surface area contributed by atoms with Crippen LogP contribution in [0.15, 0.2) is 24.3 Å². The highest BCUT2D eigenvalue weighted by atomic mass is 19.1. The smallest absolute Gasteiger partial charge is 0.123 e. The van der Waals surface area contributed by atoms with E-state index in [0.29, 0.717) is 17.9 Å². The first-order valence-electron chi connectivity index (χ1n) is 6.11. The molecule has 0 aliphatic heterocycles. The number of aliphatic hydroxyl groups is 1. The van der Waals surface area contributed by atoms with E-state index in [1.807, 2.05) is 0 Å². The second-order valence-corrected chi connectivity index (χ2v) is 5.13. The maximum absolute atomic E-state index is 13.1. The number of nitrogens with one attached hydrogen (secondary N) is 1. The fraction of sp³-hybridized carbons (Fsp3) is 0.571. The molecule has 0 bridgehead atoms. The van der Waals surface area contributed by atoms with Gasteiger partial charge < -0.3 is 10.4 Å². The molecule has 0 fully saturated rings. The topological polar surface area (TPSA) is 32.3 Å². The Hall–Kier alpha value is -0.930. The molecule has 0 spiro atoms. The van der Waals surface area contributed by atoms with Gasteiger partial charge in [-0.25, -0.2) is 4.39 Å². The van der Waals surface area contributed by atoms with Crippen LogP contribution in [0.1, 0.15) is 32.8 Å². The minimum atomic E-state index is -0.980. The van der Waals surface area contributed by atoms with Crippen molar-refractivity contribution in [2.75, 3.05) is 13.1 Å². The summed E-state index contributed by atoms with van der Waals surface area (Å²) in [4.78, 5) is 0. The first-order valence-corrected chi connectivity index (χ1v) is 6.11. The number of hydrogen-bond acceptors (Lipinski definition) is 2. The Morgan fingerprint density at radius 1 is 1.41 bits per heavy atom. The Labute approximate surface area is 103 Å². The van der Waals surface area contributed by atoms with E-state index in [4.69, 9.17) is 0 Å². The summed E-state index contributed by atoms with van der Waals surface area (Å²) < 4.78 is 13.1. The predicted molar refractivity (Wildman–Crippen MR) is 68.3 cm³/mol. The predicted octanol–water partition coefficient (Wildman–Crippen LogP) is 2.67. The second-order valence-electron chi connectivity index (χ2n) is 5.13. The molecule has 0 aliphatic carbocycles. The molecule has 0 saturated heterocycles. The maximum Gasteiger partial charge on any atom is 0.123 e. The normalized spacial score (nSPS) is 14.9. The first-order chi connectivity index (χ1) is 7.92. The standard InChI is InChI=1S/C14H22FNO/c1-11(2)10-16-8-7-14(3,17)12-5-4-6-13(15)9-12/h4-6,9,11,16-17H,7-8,10H2,1-3H3. The van der Waals surface area contributed by atoms with Gasteiger partial charge in [-0.1, -0.05) is 26.0 Å². The van der Waals surface area contributed by atoms with Crippen molar-refractivity contribution in [1.29, 1.82) is 0 Å². The summed E-state index contributed by atoms with van der Waals surface area (Å²) in [5, 5.41) is 13.5. The Balaban J connectivity index is 2.50. The highest BCUT2D eigenvalue weighted by Gasteiger charge is 2.22. The van der Waals surface area contributed by atoms with Crippen LogP contribution in [0, 0.1) is 11.7 Å². The maximum atomic E-state index is 13.1. The highest BCUT2D eigenvalue weighted by Crippen LogP contribution is 2.24. The molecular weight excluding hydrogens is 217 g/mol. The molecule has 96 valence electrons. The number of benzene rings is 1. The highest BCUT2D eigenvalue weighted by molar-refractivity contribution is 5.22. The van der Waals surface area contributed by atoms with Crippen LogP contribution in [0.4, 0.5) is 4.39 Å². The Morgan fingerprint density at radius 2 is 2.12 bits per heavy atom. The zero-order valence-corrected chi connectivity index (χ0v) is 10.8. The molecule has 1 aromatic rings. The Kier molecular flexibility index (Phi) is 5.09. The summed E-state index contributed by atoms with van der Waals surface area (Å²) in [5.74, 6) is 0.284. The average Bonchev–Trinajstić information content (AvgIpc) is 2.24. The Bertz CT molecular complexity index is 350. The third-order valence-electron chi connectivity index (χ3n) is 2.79. The molecule has 0 radical (unpaired) electrons. The lowest BCUT2D eigenvalue weighted by atomic mass is 9.92. The van der Waals surface area contributed by atoms with Crippen LogP contribution in [0.3, 0.4) is 0 Å². The summed E-state index contributed by atoms with van der Waals surface area (Å²) in [6, 6.07) is 6.16. The van der Waals surface area contributed by atoms with Gasteiger partial charge in [0.15, 0.2) is 0 Å². The molecule has 1 rings (SSSR count). The molecular formula is C14H22FNO. The van der Waals surface area contributed by atoms with Crippen molar-refractivity contribution in [3.8, 4) is 0 Å². The van der Waals surface area contributed by atoms with E-state index >= 15 is 0 Å². The molecule has 0 amide bonds. The number of rotatable bonds is 6. The van der Waals surface area contributed by atoms with Gasteiger partial charge in [-0.05, 0) is 50.0 Å². The van der Waals surface area contributed by atoms with E-state index in [9.17, 15) is 9.50 Å². The zero-order valence-electron chi connectivity index (χ0n) is 10.8. The minimum Gasteiger partial charge on any atom is -0.385 e. The molecule has 1 aromatic carbocycles. The summed E-state index contributed by atoms with van der Waals surface area (Å²) >= 11 is 0. The van der Waals surface area contributed by atoms with Crippen molar-refractivity contribution in [1.82, 2.24) is 5.32 Å². The van der Waals surface area contributed by atoms with Gasteiger partial charge in [0, 0.05) is 0 Å². The van der Waals surface area contributed by atoms with E-state index in [1.54, 1.807) is 19.1 Å². The third kappa shape index (κ3) is 4.84. The monoisotopic (exact) mass is 239 g/mol. The van der Waals surface area contributed by atoms with Crippen LogP contribution in [0.2, 0.25) is 0 Å². The summed E-state index contributed by atoms with van der Waals surface area (Å²) in [7, 11) is 0. The molecule has 0 heterocycles. The fourth-order valence-corrected chi connectivity index (χ4v) is 1.69. The lowest BCUT2D eigenvalue weighted by molar-refractivity contribution is 0.0475. The van der Waals surface area contributed by atoms with Crippen molar-refractivity contribution in [3.63, 3.8) is 0 Å². The molecule has 2 N–H and O–H groups in total. The van der Waals surface area contributed by atoms with Crippen molar-refractivity contribution in [3.05, 3.63) is 35.6 Å². The van der Waals surface area contributed by atoms with Gasteiger partial charge in [-0.3, -0.25) is 0 Å². The molecule has 0 aliphatic rings. The van der Waals surface area contributed by atoms with Crippen molar-refractivity contribution >= 4 is 0 Å². The second kappa shape index (κ2) is 6.12. The van der Waals surface area contributed by atoms with E-state index in [0.717, 1.165) is 13.1 Å². The van der Waals surface area contributed by atoms with Gasteiger partial charge in [0.1, 0.15) is 5.82 Å². The van der Waals surface area contributed by atoms with E-state index in [2.05, 4.69) is 19.2 Å². The lowest BCUT2D eigenvalue weighted by Crippen LogP contribution is -2.29. The fourth-order valence-electron chi connectivity index (χ4n) is 1.69. The van der Waals surface area contributed by atoms with Gasteiger partial charge in [0.05, 0.1) is 5.60 Å². The van der Waals surface area contributed by atoms with Gasteiger partial charge in [0.25, 0.3) is 0 Å². The van der Waals surface area contributed by atoms with E-state index in [-0.39, 0.29) is 5.82 Å². The quantitative estimate of drug-likeness (QED) is 0.748. The van der Waals surface area contributed by atoms with E-state index in [1.165, 1.54) is 12.1 Å². The molecule has 0 aromatic heterocycles. The van der Waals surface area contributed by atoms with Gasteiger partial charge in [-0.2, -0.15) is 0 Å². The van der Waals surface area contributed by atoms with Crippen LogP contribution < -0.4 is 5.32 Å². The van der Waals surface area contributed by atoms with Crippen molar-refractivity contribution < 1.29 is 9.50 Å². The van der Waals surface area contributed by atoms with Crippen LogP contribution in [-0.2, 0) is 5.60 Å². The van der Waals surface area contributed by atoms with Crippen LogP contribution in [0.25, 0.3) is 0 Å². The molecule has 2 nitrogen and oxygen atoms in total. The molecule has 17 heavy (non-hydrogen) atoms. The molecule has 1 unspecified atom stereocenters. The van der Waals surface area contributed by atoms with Crippen LogP contribution in [0.5, 0.6) is 0 Å². The van der Waals surface area contributed by atoms with E-state index < -0.39 is 5.60 Å². The number of halogens is 1. The van der Waals surface area contributed by atoms with Gasteiger partial charge in [0.2, 0.25) is 0 Å². The molecule has 0 saturated carbocycles.